The summed E-state index contributed by atoms with van der Waals surface area (Å²) < 4.78 is 0. The van der Waals surface area contributed by atoms with Crippen molar-refractivity contribution in [3.63, 3.8) is 0 Å². The van der Waals surface area contributed by atoms with E-state index in [1.807, 2.05) is 0 Å². The minimum atomic E-state index is -0.970. The van der Waals surface area contributed by atoms with Gasteiger partial charge in [-0.05, 0) is 45.1 Å². The summed E-state index contributed by atoms with van der Waals surface area (Å²) in [5.41, 5.74) is 4.88. The molecule has 0 aliphatic heterocycles. The summed E-state index contributed by atoms with van der Waals surface area (Å²) in [6, 6.07) is 0.367. The number of rotatable bonds is 4. The van der Waals surface area contributed by atoms with Crippen LogP contribution in [-0.4, -0.2) is 41.1 Å². The molecule has 0 bridgehead atoms. The van der Waals surface area contributed by atoms with Crippen LogP contribution in [0.4, 0.5) is 0 Å². The first kappa shape index (κ1) is 10.9. The normalized spacial score (nSPS) is 36.1. The zero-order valence-electron chi connectivity index (χ0n) is 9.28. The van der Waals surface area contributed by atoms with Gasteiger partial charge in [-0.1, -0.05) is 0 Å². The Balaban J connectivity index is 1.87. The van der Waals surface area contributed by atoms with Crippen LogP contribution in [-0.2, 0) is 4.79 Å². The summed E-state index contributed by atoms with van der Waals surface area (Å²) in [7, 11) is 2.09. The molecule has 4 heteroatoms. The van der Waals surface area contributed by atoms with Crippen LogP contribution < -0.4 is 5.73 Å². The fourth-order valence-electron chi connectivity index (χ4n) is 2.48. The molecule has 0 aromatic rings. The molecular weight excluding hydrogens is 192 g/mol. The monoisotopic (exact) mass is 212 g/mol. The molecule has 0 heterocycles. The van der Waals surface area contributed by atoms with Crippen molar-refractivity contribution in [3.8, 4) is 0 Å². The minimum Gasteiger partial charge on any atom is -0.480 e. The number of carboxylic acids is 1. The summed E-state index contributed by atoms with van der Waals surface area (Å²) in [6.45, 7) is 1.11. The van der Waals surface area contributed by atoms with Crippen LogP contribution in [0.1, 0.15) is 32.1 Å². The highest BCUT2D eigenvalue weighted by Gasteiger charge is 2.43. The molecule has 0 radical (unpaired) electrons. The van der Waals surface area contributed by atoms with Crippen LogP contribution in [0.5, 0.6) is 0 Å². The van der Waals surface area contributed by atoms with E-state index in [2.05, 4.69) is 11.9 Å². The number of carbonyl (C=O) groups is 1. The largest absolute Gasteiger partial charge is 0.480 e. The molecule has 2 saturated carbocycles. The molecule has 2 aliphatic carbocycles. The molecule has 3 N–H and O–H groups in total. The summed E-state index contributed by atoms with van der Waals surface area (Å²) in [5.74, 6) is 0.0115. The van der Waals surface area contributed by atoms with Gasteiger partial charge in [0, 0.05) is 12.6 Å². The van der Waals surface area contributed by atoms with E-state index in [1.165, 1.54) is 12.8 Å². The third-order valence-electron chi connectivity index (χ3n) is 3.82. The summed E-state index contributed by atoms with van der Waals surface area (Å²) in [4.78, 5) is 13.3. The SMILES string of the molecule is CN(CC1CC1)C1CCC(N)(C(=O)O)C1. The second kappa shape index (κ2) is 3.76. The molecule has 15 heavy (non-hydrogen) atoms. The Morgan fingerprint density at radius 3 is 2.67 bits per heavy atom. The predicted molar refractivity (Wildman–Crippen MR) is 57.5 cm³/mol. The first-order valence-electron chi connectivity index (χ1n) is 5.74. The Morgan fingerprint density at radius 1 is 1.53 bits per heavy atom. The van der Waals surface area contributed by atoms with Crippen molar-refractivity contribution >= 4 is 5.97 Å². The molecule has 0 spiro atoms. The van der Waals surface area contributed by atoms with E-state index >= 15 is 0 Å². The lowest BCUT2D eigenvalue weighted by Crippen LogP contribution is -2.47. The van der Waals surface area contributed by atoms with Gasteiger partial charge in [-0.3, -0.25) is 4.79 Å². The topological polar surface area (TPSA) is 66.6 Å². The Labute approximate surface area is 90.4 Å². The van der Waals surface area contributed by atoms with E-state index in [0.717, 1.165) is 18.9 Å². The van der Waals surface area contributed by atoms with E-state index in [9.17, 15) is 4.79 Å². The minimum absolute atomic E-state index is 0.367. The van der Waals surface area contributed by atoms with Crippen molar-refractivity contribution in [2.45, 2.75) is 43.7 Å². The fraction of sp³-hybridized carbons (Fsp3) is 0.909. The fourth-order valence-corrected chi connectivity index (χ4v) is 2.48. The van der Waals surface area contributed by atoms with Crippen LogP contribution in [0, 0.1) is 5.92 Å². The molecule has 4 nitrogen and oxygen atoms in total. The van der Waals surface area contributed by atoms with Crippen LogP contribution in [0.15, 0.2) is 0 Å². The molecule has 86 valence electrons. The molecule has 0 saturated heterocycles. The molecule has 0 amide bonds. The zero-order chi connectivity index (χ0) is 11.1. The number of aliphatic carboxylic acids is 1. The number of hydrogen-bond acceptors (Lipinski definition) is 3. The molecule has 2 rings (SSSR count). The van der Waals surface area contributed by atoms with Gasteiger partial charge >= 0.3 is 5.97 Å². The molecule has 2 unspecified atom stereocenters. The Morgan fingerprint density at radius 2 is 2.20 bits per heavy atom. The maximum absolute atomic E-state index is 11.0. The van der Waals surface area contributed by atoms with Gasteiger partial charge in [0.05, 0.1) is 0 Å². The van der Waals surface area contributed by atoms with Gasteiger partial charge in [-0.15, -0.1) is 0 Å². The van der Waals surface area contributed by atoms with Crippen molar-refractivity contribution in [1.82, 2.24) is 4.90 Å². The van der Waals surface area contributed by atoms with Crippen molar-refractivity contribution in [1.29, 1.82) is 0 Å². The van der Waals surface area contributed by atoms with E-state index < -0.39 is 11.5 Å². The Hall–Kier alpha value is -0.610. The van der Waals surface area contributed by atoms with Gasteiger partial charge < -0.3 is 15.7 Å². The lowest BCUT2D eigenvalue weighted by molar-refractivity contribution is -0.143. The van der Waals surface area contributed by atoms with Crippen molar-refractivity contribution in [2.24, 2.45) is 11.7 Å². The predicted octanol–water partition coefficient (Wildman–Crippen LogP) is 0.663. The molecular formula is C11H20N2O2. The van der Waals surface area contributed by atoms with Crippen LogP contribution in [0.2, 0.25) is 0 Å². The summed E-state index contributed by atoms with van der Waals surface area (Å²) in [6.07, 6.45) is 4.81. The quantitative estimate of drug-likeness (QED) is 0.718. The maximum Gasteiger partial charge on any atom is 0.323 e. The number of nitrogens with zero attached hydrogens (tertiary/aromatic N) is 1. The van der Waals surface area contributed by atoms with Gasteiger partial charge in [0.1, 0.15) is 5.54 Å². The molecule has 2 atom stereocenters. The second-order valence-corrected chi connectivity index (χ2v) is 5.24. The highest BCUT2D eigenvalue weighted by molar-refractivity contribution is 5.79. The van der Waals surface area contributed by atoms with Gasteiger partial charge in [0.15, 0.2) is 0 Å². The highest BCUT2D eigenvalue weighted by Crippen LogP contribution is 2.34. The maximum atomic E-state index is 11.0. The lowest BCUT2D eigenvalue weighted by atomic mass is 9.99. The third kappa shape index (κ3) is 2.32. The number of nitrogens with two attached hydrogens (primary N) is 1. The van der Waals surface area contributed by atoms with E-state index in [1.54, 1.807) is 0 Å². The number of hydrogen-bond donors (Lipinski definition) is 2. The summed E-state index contributed by atoms with van der Waals surface area (Å²) in [5, 5.41) is 9.02. The van der Waals surface area contributed by atoms with Gasteiger partial charge in [-0.2, -0.15) is 0 Å². The van der Waals surface area contributed by atoms with E-state index in [4.69, 9.17) is 10.8 Å². The molecule has 0 aromatic carbocycles. The van der Waals surface area contributed by atoms with E-state index in [0.29, 0.717) is 18.9 Å². The smallest absolute Gasteiger partial charge is 0.323 e. The average Bonchev–Trinajstić information content (AvgIpc) is 2.87. The van der Waals surface area contributed by atoms with Crippen LogP contribution in [0.25, 0.3) is 0 Å². The zero-order valence-corrected chi connectivity index (χ0v) is 9.28. The van der Waals surface area contributed by atoms with Crippen LogP contribution >= 0.6 is 0 Å². The van der Waals surface area contributed by atoms with Crippen molar-refractivity contribution in [2.75, 3.05) is 13.6 Å². The third-order valence-corrected chi connectivity index (χ3v) is 3.82. The van der Waals surface area contributed by atoms with Crippen molar-refractivity contribution in [3.05, 3.63) is 0 Å². The lowest BCUT2D eigenvalue weighted by Gasteiger charge is -2.25. The van der Waals surface area contributed by atoms with Crippen LogP contribution in [0.3, 0.4) is 0 Å². The van der Waals surface area contributed by atoms with Crippen molar-refractivity contribution < 1.29 is 9.90 Å². The first-order valence-corrected chi connectivity index (χ1v) is 5.74. The van der Waals surface area contributed by atoms with Gasteiger partial charge in [0.2, 0.25) is 0 Å². The number of carboxylic acid groups (broad SMARTS) is 1. The van der Waals surface area contributed by atoms with Gasteiger partial charge in [-0.25, -0.2) is 0 Å². The standard InChI is InChI=1S/C11H20N2O2/c1-13(7-8-2-3-8)9-4-5-11(12,6-9)10(14)15/h8-9H,2-7,12H2,1H3,(H,14,15). The van der Waals surface area contributed by atoms with Gasteiger partial charge in [0.25, 0.3) is 0 Å². The van der Waals surface area contributed by atoms with E-state index in [-0.39, 0.29) is 0 Å². The highest BCUT2D eigenvalue weighted by atomic mass is 16.4. The second-order valence-electron chi connectivity index (χ2n) is 5.24. The Bertz CT molecular complexity index is 265. The average molecular weight is 212 g/mol. The molecule has 2 aliphatic rings. The first-order chi connectivity index (χ1) is 7.01. The Kier molecular flexibility index (Phi) is 2.73. The molecule has 2 fully saturated rings. The molecule has 0 aromatic heterocycles. The summed E-state index contributed by atoms with van der Waals surface area (Å²) >= 11 is 0.